The third-order valence-electron chi connectivity index (χ3n) is 5.73. The third-order valence-corrected chi connectivity index (χ3v) is 7.51. The molecular weight excluding hydrogens is 448 g/mol. The van der Waals surface area contributed by atoms with E-state index in [1.807, 2.05) is 50.2 Å². The van der Waals surface area contributed by atoms with Gasteiger partial charge >= 0.3 is 0 Å². The zero-order valence-corrected chi connectivity index (χ0v) is 21.1. The highest BCUT2D eigenvalue weighted by atomic mass is 32.2. The van der Waals surface area contributed by atoms with E-state index in [1.165, 1.54) is 0 Å². The lowest BCUT2D eigenvalue weighted by Gasteiger charge is -2.26. The fourth-order valence-electron chi connectivity index (χ4n) is 3.70. The van der Waals surface area contributed by atoms with Crippen molar-refractivity contribution in [3.05, 3.63) is 89.5 Å². The molecule has 0 bridgehead atoms. The Morgan fingerprint density at radius 3 is 2.15 bits per heavy atom. The van der Waals surface area contributed by atoms with Gasteiger partial charge in [0.05, 0.1) is 23.7 Å². The first-order chi connectivity index (χ1) is 16.1. The van der Waals surface area contributed by atoms with Gasteiger partial charge in [0.25, 0.3) is 10.0 Å². The number of amides is 1. The smallest absolute Gasteiger partial charge is 0.264 e. The zero-order chi connectivity index (χ0) is 24.9. The number of nitrogens with one attached hydrogen (secondary N) is 1. The maximum atomic E-state index is 13.6. The number of methoxy groups -OCH3 is 1. The molecule has 0 aromatic heterocycles. The molecule has 1 N–H and O–H groups in total. The molecule has 3 aromatic carbocycles. The number of hydrogen-bond acceptors (Lipinski definition) is 4. The van der Waals surface area contributed by atoms with Gasteiger partial charge in [-0.25, -0.2) is 8.42 Å². The quantitative estimate of drug-likeness (QED) is 0.457. The predicted molar refractivity (Wildman–Crippen MR) is 136 cm³/mol. The highest BCUT2D eigenvalue weighted by Crippen LogP contribution is 2.27. The van der Waals surface area contributed by atoms with Gasteiger partial charge in [-0.15, -0.1) is 0 Å². The van der Waals surface area contributed by atoms with Gasteiger partial charge in [-0.3, -0.25) is 9.10 Å². The van der Waals surface area contributed by atoms with Crippen molar-refractivity contribution in [2.45, 2.75) is 44.6 Å². The van der Waals surface area contributed by atoms with E-state index in [0.29, 0.717) is 17.4 Å². The maximum absolute atomic E-state index is 13.6. The lowest BCUT2D eigenvalue weighted by molar-refractivity contribution is -0.120. The first-order valence-electron chi connectivity index (χ1n) is 11.2. The molecule has 1 unspecified atom stereocenters. The summed E-state index contributed by atoms with van der Waals surface area (Å²) in [6.07, 6.45) is 0. The van der Waals surface area contributed by atoms with Crippen molar-refractivity contribution in [1.29, 1.82) is 0 Å². The van der Waals surface area contributed by atoms with E-state index in [-0.39, 0.29) is 17.5 Å². The Bertz CT molecular complexity index is 1220. The van der Waals surface area contributed by atoms with E-state index in [1.54, 1.807) is 43.5 Å². The van der Waals surface area contributed by atoms with E-state index in [0.717, 1.165) is 21.0 Å². The van der Waals surface area contributed by atoms with Crippen LogP contribution in [0.3, 0.4) is 0 Å². The Hall–Kier alpha value is -3.32. The lowest BCUT2D eigenvalue weighted by atomic mass is 10.0. The van der Waals surface area contributed by atoms with Crippen LogP contribution in [-0.2, 0) is 14.8 Å². The number of ether oxygens (including phenoxy) is 1. The molecule has 34 heavy (non-hydrogen) atoms. The number of benzene rings is 3. The number of aryl methyl sites for hydroxylation is 1. The van der Waals surface area contributed by atoms with Gasteiger partial charge in [0, 0.05) is 5.56 Å². The van der Waals surface area contributed by atoms with E-state index in [2.05, 4.69) is 19.2 Å². The second-order valence-corrected chi connectivity index (χ2v) is 10.5. The topological polar surface area (TPSA) is 75.7 Å². The first-order valence-corrected chi connectivity index (χ1v) is 12.7. The van der Waals surface area contributed by atoms with Crippen LogP contribution in [0, 0.1) is 6.92 Å². The van der Waals surface area contributed by atoms with Crippen LogP contribution in [0.25, 0.3) is 0 Å². The van der Waals surface area contributed by atoms with Crippen LogP contribution >= 0.6 is 0 Å². The molecule has 3 aromatic rings. The number of carbonyl (C=O) groups is 1. The Morgan fingerprint density at radius 2 is 1.56 bits per heavy atom. The number of anilines is 1. The van der Waals surface area contributed by atoms with Gasteiger partial charge in [0.2, 0.25) is 5.91 Å². The molecule has 0 saturated heterocycles. The van der Waals surface area contributed by atoms with Crippen molar-refractivity contribution in [1.82, 2.24) is 5.32 Å². The summed E-state index contributed by atoms with van der Waals surface area (Å²) >= 11 is 0. The van der Waals surface area contributed by atoms with Crippen molar-refractivity contribution >= 4 is 21.6 Å². The van der Waals surface area contributed by atoms with Gasteiger partial charge in [0.1, 0.15) is 12.3 Å². The van der Waals surface area contributed by atoms with E-state index in [9.17, 15) is 13.2 Å². The molecule has 1 atom stereocenters. The van der Waals surface area contributed by atoms with Crippen LogP contribution in [0.1, 0.15) is 49.4 Å². The van der Waals surface area contributed by atoms with Gasteiger partial charge in [-0.05, 0) is 55.7 Å². The summed E-state index contributed by atoms with van der Waals surface area (Å²) in [6, 6.07) is 21.0. The second kappa shape index (κ2) is 10.7. The van der Waals surface area contributed by atoms with Crippen molar-refractivity contribution in [3.8, 4) is 5.75 Å². The summed E-state index contributed by atoms with van der Waals surface area (Å²) in [5, 5.41) is 2.91. The number of sulfonamides is 1. The minimum Gasteiger partial charge on any atom is -0.496 e. The van der Waals surface area contributed by atoms with Crippen molar-refractivity contribution in [2.75, 3.05) is 18.0 Å². The fourth-order valence-corrected chi connectivity index (χ4v) is 5.12. The lowest BCUT2D eigenvalue weighted by Crippen LogP contribution is -2.41. The summed E-state index contributed by atoms with van der Waals surface area (Å²) in [6.45, 7) is 7.53. The molecule has 3 rings (SSSR count). The third kappa shape index (κ3) is 5.78. The molecule has 0 spiro atoms. The van der Waals surface area contributed by atoms with Gasteiger partial charge in [0.15, 0.2) is 0 Å². The predicted octanol–water partition coefficient (Wildman–Crippen LogP) is 5.20. The molecule has 0 heterocycles. The minimum absolute atomic E-state index is 0.136. The Labute approximate surface area is 202 Å². The highest BCUT2D eigenvalue weighted by Gasteiger charge is 2.28. The van der Waals surface area contributed by atoms with Crippen LogP contribution in [-0.4, -0.2) is 28.0 Å². The molecule has 6 nitrogen and oxygen atoms in total. The largest absolute Gasteiger partial charge is 0.496 e. The number of hydrogen-bond donors (Lipinski definition) is 1. The molecule has 0 aliphatic carbocycles. The van der Waals surface area contributed by atoms with Gasteiger partial charge in [-0.1, -0.05) is 61.9 Å². The summed E-state index contributed by atoms with van der Waals surface area (Å²) in [5.41, 5.74) is 3.29. The monoisotopic (exact) mass is 480 g/mol. The van der Waals surface area contributed by atoms with E-state index in [4.69, 9.17) is 4.74 Å². The number of nitrogens with zero attached hydrogens (tertiary/aromatic N) is 1. The Kier molecular flexibility index (Phi) is 7.99. The van der Waals surface area contributed by atoms with Crippen LogP contribution < -0.4 is 14.4 Å². The van der Waals surface area contributed by atoms with Crippen LogP contribution in [0.15, 0.2) is 77.7 Å². The van der Waals surface area contributed by atoms with E-state index >= 15 is 0 Å². The summed E-state index contributed by atoms with van der Waals surface area (Å²) in [4.78, 5) is 13.2. The van der Waals surface area contributed by atoms with Gasteiger partial charge in [-0.2, -0.15) is 0 Å². The summed E-state index contributed by atoms with van der Waals surface area (Å²) < 4.78 is 33.7. The molecule has 0 aliphatic rings. The molecule has 0 saturated carbocycles. The normalized spacial score (nSPS) is 12.3. The molecule has 0 aliphatic heterocycles. The standard InChI is InChI=1S/C27H32N2O4S/c1-19(2)22-12-14-23(15-13-22)29(34(31,32)24-16-10-20(3)11-17-24)18-27(30)28-21(4)25-8-6-7-9-26(25)33-5/h6-17,19,21H,18H2,1-5H3,(H,28,30). The molecular formula is C27H32N2O4S. The first kappa shape index (κ1) is 25.3. The van der Waals surface area contributed by atoms with Crippen molar-refractivity contribution in [2.24, 2.45) is 0 Å². The molecule has 180 valence electrons. The van der Waals surface area contributed by atoms with Crippen molar-refractivity contribution in [3.63, 3.8) is 0 Å². The molecule has 1 amide bonds. The number of rotatable bonds is 9. The van der Waals surface area contributed by atoms with E-state index < -0.39 is 15.9 Å². The highest BCUT2D eigenvalue weighted by molar-refractivity contribution is 7.92. The average Bonchev–Trinajstić information content (AvgIpc) is 2.82. The van der Waals surface area contributed by atoms with Crippen LogP contribution in [0.4, 0.5) is 5.69 Å². The molecule has 0 fully saturated rings. The second-order valence-electron chi connectivity index (χ2n) is 8.60. The van der Waals surface area contributed by atoms with Crippen LogP contribution in [0.2, 0.25) is 0 Å². The molecule has 7 heteroatoms. The average molecular weight is 481 g/mol. The molecule has 0 radical (unpaired) electrons. The summed E-state index contributed by atoms with van der Waals surface area (Å²) in [7, 11) is -2.39. The minimum atomic E-state index is -3.96. The number of para-hydroxylation sites is 1. The fraction of sp³-hybridized carbons (Fsp3) is 0.296. The maximum Gasteiger partial charge on any atom is 0.264 e. The van der Waals surface area contributed by atoms with Crippen molar-refractivity contribution < 1.29 is 17.9 Å². The van der Waals surface area contributed by atoms with Crippen LogP contribution in [0.5, 0.6) is 5.75 Å². The Morgan fingerprint density at radius 1 is 0.941 bits per heavy atom. The zero-order valence-electron chi connectivity index (χ0n) is 20.3. The SMILES string of the molecule is COc1ccccc1C(C)NC(=O)CN(c1ccc(C(C)C)cc1)S(=O)(=O)c1ccc(C)cc1. The number of carbonyl (C=O) groups excluding carboxylic acids is 1. The van der Waals surface area contributed by atoms with Gasteiger partial charge < -0.3 is 10.1 Å². The Balaban J connectivity index is 1.92. The summed E-state index contributed by atoms with van der Waals surface area (Å²) in [5.74, 6) is 0.548.